The third kappa shape index (κ3) is 5.96. The second-order valence-electron chi connectivity index (χ2n) is 6.68. The summed E-state index contributed by atoms with van der Waals surface area (Å²) in [5.74, 6) is -1.42. The number of hydrogen-bond acceptors (Lipinski definition) is 6. The molecule has 0 saturated carbocycles. The molecular formula is C21H26N2O6S. The summed E-state index contributed by atoms with van der Waals surface area (Å²) in [6, 6.07) is 11.8. The van der Waals surface area contributed by atoms with Gasteiger partial charge in [-0.1, -0.05) is 19.1 Å². The first-order chi connectivity index (χ1) is 14.2. The molecule has 2 amide bonds. The van der Waals surface area contributed by atoms with Gasteiger partial charge in [0.25, 0.3) is 0 Å². The van der Waals surface area contributed by atoms with E-state index in [0.717, 1.165) is 5.56 Å². The van der Waals surface area contributed by atoms with Gasteiger partial charge in [-0.05, 0) is 43.2 Å². The Morgan fingerprint density at radius 2 is 1.77 bits per heavy atom. The number of benzene rings is 2. The lowest BCUT2D eigenvalue weighted by Crippen LogP contribution is -2.39. The van der Waals surface area contributed by atoms with Crippen molar-refractivity contribution < 1.29 is 27.5 Å². The van der Waals surface area contributed by atoms with E-state index in [4.69, 9.17) is 9.47 Å². The zero-order valence-corrected chi connectivity index (χ0v) is 18.2. The van der Waals surface area contributed by atoms with E-state index >= 15 is 0 Å². The molecule has 0 aliphatic rings. The van der Waals surface area contributed by atoms with Crippen LogP contribution in [-0.2, 0) is 19.4 Å². The highest BCUT2D eigenvalue weighted by molar-refractivity contribution is 7.93. The van der Waals surface area contributed by atoms with Crippen LogP contribution >= 0.6 is 0 Å². The van der Waals surface area contributed by atoms with Crippen LogP contribution in [0.1, 0.15) is 18.9 Å². The van der Waals surface area contributed by atoms with E-state index < -0.39 is 32.7 Å². The SMILES string of the molecule is CCC(C(=O)Nc1cc(OC)ccc1OC)S(=O)(=O)CC(=O)Nc1cccc(C)c1. The van der Waals surface area contributed by atoms with Gasteiger partial charge in [0.05, 0.1) is 19.9 Å². The first-order valence-corrected chi connectivity index (χ1v) is 11.0. The van der Waals surface area contributed by atoms with Crippen molar-refractivity contribution in [3.05, 3.63) is 48.0 Å². The molecule has 2 aromatic carbocycles. The first kappa shape index (κ1) is 23.2. The molecular weight excluding hydrogens is 408 g/mol. The highest BCUT2D eigenvalue weighted by atomic mass is 32.2. The maximum atomic E-state index is 12.8. The molecule has 2 rings (SSSR count). The number of anilines is 2. The molecule has 162 valence electrons. The van der Waals surface area contributed by atoms with Crippen LogP contribution in [0.5, 0.6) is 11.5 Å². The Kier molecular flexibility index (Phi) is 7.82. The van der Waals surface area contributed by atoms with Gasteiger partial charge in [-0.2, -0.15) is 0 Å². The second-order valence-corrected chi connectivity index (χ2v) is 8.86. The molecule has 0 fully saturated rings. The molecule has 0 bridgehead atoms. The van der Waals surface area contributed by atoms with Gasteiger partial charge in [0.2, 0.25) is 11.8 Å². The quantitative estimate of drug-likeness (QED) is 0.628. The summed E-state index contributed by atoms with van der Waals surface area (Å²) >= 11 is 0. The smallest absolute Gasteiger partial charge is 0.242 e. The van der Waals surface area contributed by atoms with Gasteiger partial charge in [-0.15, -0.1) is 0 Å². The number of methoxy groups -OCH3 is 2. The molecule has 1 unspecified atom stereocenters. The van der Waals surface area contributed by atoms with Crippen LogP contribution < -0.4 is 20.1 Å². The van der Waals surface area contributed by atoms with Gasteiger partial charge >= 0.3 is 0 Å². The fraction of sp³-hybridized carbons (Fsp3) is 0.333. The van der Waals surface area contributed by atoms with Crippen LogP contribution in [0.25, 0.3) is 0 Å². The summed E-state index contributed by atoms with van der Waals surface area (Å²) in [5.41, 5.74) is 1.70. The summed E-state index contributed by atoms with van der Waals surface area (Å²) in [4.78, 5) is 25.0. The average molecular weight is 435 g/mol. The largest absolute Gasteiger partial charge is 0.497 e. The fourth-order valence-corrected chi connectivity index (χ4v) is 4.46. The van der Waals surface area contributed by atoms with Crippen LogP contribution in [0, 0.1) is 6.92 Å². The molecule has 0 aromatic heterocycles. The maximum Gasteiger partial charge on any atom is 0.242 e. The predicted molar refractivity (Wildman–Crippen MR) is 116 cm³/mol. The van der Waals surface area contributed by atoms with Crippen LogP contribution in [0.2, 0.25) is 0 Å². The van der Waals surface area contributed by atoms with Crippen molar-refractivity contribution in [3.8, 4) is 11.5 Å². The van der Waals surface area contributed by atoms with Crippen molar-refractivity contribution in [1.82, 2.24) is 0 Å². The van der Waals surface area contributed by atoms with Gasteiger partial charge in [0.1, 0.15) is 22.5 Å². The summed E-state index contributed by atoms with van der Waals surface area (Å²) in [5, 5.41) is 3.73. The Morgan fingerprint density at radius 1 is 1.03 bits per heavy atom. The van der Waals surface area contributed by atoms with Crippen LogP contribution in [-0.4, -0.2) is 45.5 Å². The van der Waals surface area contributed by atoms with Gasteiger partial charge in [-0.3, -0.25) is 9.59 Å². The molecule has 0 spiro atoms. The van der Waals surface area contributed by atoms with E-state index in [2.05, 4.69) is 10.6 Å². The van der Waals surface area contributed by atoms with Crippen molar-refractivity contribution in [2.24, 2.45) is 0 Å². The number of sulfone groups is 1. The number of carbonyl (C=O) groups is 2. The average Bonchev–Trinajstić information content (AvgIpc) is 2.67. The van der Waals surface area contributed by atoms with Crippen molar-refractivity contribution in [2.75, 3.05) is 30.6 Å². The van der Waals surface area contributed by atoms with Gasteiger partial charge < -0.3 is 20.1 Å². The molecule has 0 saturated heterocycles. The number of aryl methyl sites for hydroxylation is 1. The lowest BCUT2D eigenvalue weighted by atomic mass is 10.2. The van der Waals surface area contributed by atoms with E-state index in [9.17, 15) is 18.0 Å². The Bertz CT molecular complexity index is 1020. The van der Waals surface area contributed by atoms with E-state index in [1.807, 2.05) is 13.0 Å². The molecule has 8 nitrogen and oxygen atoms in total. The topological polar surface area (TPSA) is 111 Å². The highest BCUT2D eigenvalue weighted by Gasteiger charge is 2.33. The van der Waals surface area contributed by atoms with E-state index in [1.165, 1.54) is 20.3 Å². The minimum Gasteiger partial charge on any atom is -0.497 e. The highest BCUT2D eigenvalue weighted by Crippen LogP contribution is 2.29. The van der Waals surface area contributed by atoms with Gasteiger partial charge in [0.15, 0.2) is 9.84 Å². The van der Waals surface area contributed by atoms with Gasteiger partial charge in [-0.25, -0.2) is 8.42 Å². The molecule has 30 heavy (non-hydrogen) atoms. The van der Waals surface area contributed by atoms with E-state index in [0.29, 0.717) is 17.2 Å². The maximum absolute atomic E-state index is 12.8. The number of carbonyl (C=O) groups excluding carboxylic acids is 2. The predicted octanol–water partition coefficient (Wildman–Crippen LogP) is 2.78. The van der Waals surface area contributed by atoms with Crippen molar-refractivity contribution in [2.45, 2.75) is 25.5 Å². The Morgan fingerprint density at radius 3 is 2.37 bits per heavy atom. The van der Waals surface area contributed by atoms with Crippen molar-refractivity contribution >= 4 is 33.0 Å². The second kappa shape index (κ2) is 10.1. The van der Waals surface area contributed by atoms with Crippen molar-refractivity contribution in [1.29, 1.82) is 0 Å². The van der Waals surface area contributed by atoms with Crippen LogP contribution in [0.3, 0.4) is 0 Å². The molecule has 1 atom stereocenters. The summed E-state index contributed by atoms with van der Waals surface area (Å²) in [6.45, 7) is 3.43. The molecule has 0 heterocycles. The number of rotatable bonds is 9. The normalized spacial score (nSPS) is 12.0. The zero-order valence-electron chi connectivity index (χ0n) is 17.4. The number of hydrogen-bond donors (Lipinski definition) is 2. The minimum atomic E-state index is -4.05. The lowest BCUT2D eigenvalue weighted by molar-refractivity contribution is -0.115. The molecule has 2 aromatic rings. The van der Waals surface area contributed by atoms with Crippen LogP contribution in [0.4, 0.5) is 11.4 Å². The summed E-state index contributed by atoms with van der Waals surface area (Å²) in [7, 11) is -1.15. The zero-order chi connectivity index (χ0) is 22.3. The third-order valence-electron chi connectivity index (χ3n) is 4.40. The Balaban J connectivity index is 2.14. The standard InChI is InChI=1S/C21H26N2O6S/c1-5-19(21(25)23-17-12-16(28-3)9-10-18(17)29-4)30(26,27)13-20(24)22-15-8-6-7-14(2)11-15/h6-12,19H,5,13H2,1-4H3,(H,22,24)(H,23,25). The Labute approximate surface area is 176 Å². The van der Waals surface area contributed by atoms with Crippen LogP contribution in [0.15, 0.2) is 42.5 Å². The van der Waals surface area contributed by atoms with Crippen molar-refractivity contribution in [3.63, 3.8) is 0 Å². The number of amides is 2. The lowest BCUT2D eigenvalue weighted by Gasteiger charge is -2.17. The van der Waals surface area contributed by atoms with E-state index in [-0.39, 0.29) is 12.1 Å². The Hall–Kier alpha value is -3.07. The van der Waals surface area contributed by atoms with E-state index in [1.54, 1.807) is 37.3 Å². The monoisotopic (exact) mass is 434 g/mol. The first-order valence-electron chi connectivity index (χ1n) is 9.31. The number of ether oxygens (including phenoxy) is 2. The fourth-order valence-electron chi connectivity index (χ4n) is 2.93. The van der Waals surface area contributed by atoms with Gasteiger partial charge in [0, 0.05) is 11.8 Å². The summed E-state index contributed by atoms with van der Waals surface area (Å²) in [6.07, 6.45) is 0.0121. The molecule has 9 heteroatoms. The molecule has 0 radical (unpaired) electrons. The minimum absolute atomic E-state index is 0.0121. The third-order valence-corrected chi connectivity index (χ3v) is 6.47. The molecule has 0 aliphatic heterocycles. The molecule has 2 N–H and O–H groups in total. The number of nitrogens with one attached hydrogen (secondary N) is 2. The summed E-state index contributed by atoms with van der Waals surface area (Å²) < 4.78 is 35.9. The molecule has 0 aliphatic carbocycles.